The highest BCUT2D eigenvalue weighted by molar-refractivity contribution is 6.31. The Kier molecular flexibility index (Phi) is 4.95. The van der Waals surface area contributed by atoms with Gasteiger partial charge in [-0.3, -0.25) is 4.79 Å². The Balaban J connectivity index is 1.76. The molecule has 1 N–H and O–H groups in total. The van der Waals surface area contributed by atoms with E-state index in [1.54, 1.807) is 24.3 Å². The van der Waals surface area contributed by atoms with Crippen LogP contribution in [0.25, 0.3) is 0 Å². The van der Waals surface area contributed by atoms with Crippen LogP contribution in [0, 0.1) is 6.92 Å². The highest BCUT2D eigenvalue weighted by Crippen LogP contribution is 2.22. The van der Waals surface area contributed by atoms with Crippen LogP contribution in [0.2, 0.25) is 5.02 Å². The van der Waals surface area contributed by atoms with Crippen LogP contribution < -0.4 is 10.2 Å². The molecule has 0 saturated carbocycles. The van der Waals surface area contributed by atoms with Crippen molar-refractivity contribution >= 4 is 34.7 Å². The van der Waals surface area contributed by atoms with E-state index in [1.165, 1.54) is 0 Å². The summed E-state index contributed by atoms with van der Waals surface area (Å²) in [5, 5.41) is 11.6. The van der Waals surface area contributed by atoms with Gasteiger partial charge in [0.25, 0.3) is 5.91 Å². The molecule has 0 aliphatic heterocycles. The molecule has 2 aromatic carbocycles. The molecule has 3 aromatic rings. The number of anilines is 3. The Morgan fingerprint density at radius 1 is 1.04 bits per heavy atom. The minimum Gasteiger partial charge on any atom is -0.328 e. The molecule has 6 heteroatoms. The number of benzene rings is 2. The van der Waals surface area contributed by atoms with Crippen LogP contribution in [0.5, 0.6) is 0 Å². The van der Waals surface area contributed by atoms with Gasteiger partial charge in [-0.05, 0) is 48.9 Å². The van der Waals surface area contributed by atoms with E-state index < -0.39 is 0 Å². The molecule has 126 valence electrons. The molecule has 0 aliphatic rings. The lowest BCUT2D eigenvalue weighted by molar-refractivity contribution is 0.102. The van der Waals surface area contributed by atoms with Crippen molar-refractivity contribution in [2.45, 2.75) is 6.92 Å². The number of aromatic nitrogens is 2. The summed E-state index contributed by atoms with van der Waals surface area (Å²) in [5.74, 6) is 0.327. The summed E-state index contributed by atoms with van der Waals surface area (Å²) in [7, 11) is 1.90. The van der Waals surface area contributed by atoms with Crippen molar-refractivity contribution in [2.75, 3.05) is 17.3 Å². The zero-order chi connectivity index (χ0) is 17.8. The van der Waals surface area contributed by atoms with Crippen molar-refractivity contribution in [3.05, 3.63) is 76.9 Å². The molecule has 0 unspecified atom stereocenters. The minimum absolute atomic E-state index is 0.240. The maximum Gasteiger partial charge on any atom is 0.276 e. The van der Waals surface area contributed by atoms with Gasteiger partial charge in [-0.15, -0.1) is 10.2 Å². The second-order valence-corrected chi connectivity index (χ2v) is 6.02. The molecule has 1 aromatic heterocycles. The van der Waals surface area contributed by atoms with E-state index in [-0.39, 0.29) is 11.6 Å². The minimum atomic E-state index is -0.327. The first-order valence-electron chi connectivity index (χ1n) is 7.74. The van der Waals surface area contributed by atoms with E-state index >= 15 is 0 Å². The first kappa shape index (κ1) is 16.9. The van der Waals surface area contributed by atoms with Crippen molar-refractivity contribution < 1.29 is 4.79 Å². The van der Waals surface area contributed by atoms with Crippen molar-refractivity contribution in [3.63, 3.8) is 0 Å². The molecule has 0 saturated heterocycles. The second-order valence-electron chi connectivity index (χ2n) is 5.58. The third-order valence-electron chi connectivity index (χ3n) is 3.82. The standard InChI is InChI=1S/C19H17ClN4O/c1-13-8-9-14(20)12-17(13)21-19(25)16-10-11-18(23-22-16)24(2)15-6-4-3-5-7-15/h3-12H,1-2H3,(H,21,25). The molecule has 5 nitrogen and oxygen atoms in total. The fourth-order valence-corrected chi connectivity index (χ4v) is 2.50. The number of aryl methyl sites for hydroxylation is 1. The number of carbonyl (C=O) groups is 1. The molecule has 0 spiro atoms. The Morgan fingerprint density at radius 2 is 1.80 bits per heavy atom. The van der Waals surface area contributed by atoms with E-state index in [1.807, 2.05) is 55.3 Å². The lowest BCUT2D eigenvalue weighted by atomic mass is 10.2. The van der Waals surface area contributed by atoms with E-state index in [9.17, 15) is 4.79 Å². The van der Waals surface area contributed by atoms with Gasteiger partial charge in [0.2, 0.25) is 0 Å². The summed E-state index contributed by atoms with van der Waals surface area (Å²) in [4.78, 5) is 14.3. The molecule has 0 radical (unpaired) electrons. The number of hydrogen-bond donors (Lipinski definition) is 1. The molecule has 1 heterocycles. The summed E-state index contributed by atoms with van der Waals surface area (Å²) in [6, 6.07) is 18.6. The summed E-state index contributed by atoms with van der Waals surface area (Å²) in [6.07, 6.45) is 0. The monoisotopic (exact) mass is 352 g/mol. The van der Waals surface area contributed by atoms with Gasteiger partial charge in [0.1, 0.15) is 0 Å². The fourth-order valence-electron chi connectivity index (χ4n) is 2.32. The third-order valence-corrected chi connectivity index (χ3v) is 4.05. The molecule has 3 rings (SSSR count). The molecule has 0 bridgehead atoms. The summed E-state index contributed by atoms with van der Waals surface area (Å²) >= 11 is 5.98. The van der Waals surface area contributed by atoms with E-state index in [2.05, 4.69) is 15.5 Å². The zero-order valence-corrected chi connectivity index (χ0v) is 14.7. The van der Waals surface area contributed by atoms with Crippen molar-refractivity contribution in [3.8, 4) is 0 Å². The quantitative estimate of drug-likeness (QED) is 0.753. The molecule has 0 aliphatic carbocycles. The Bertz CT molecular complexity index is 882. The summed E-state index contributed by atoms with van der Waals surface area (Å²) in [5.41, 5.74) is 2.81. The SMILES string of the molecule is Cc1ccc(Cl)cc1NC(=O)c1ccc(N(C)c2ccccc2)nn1. The van der Waals surface area contributed by atoms with Crippen molar-refractivity contribution in [1.29, 1.82) is 0 Å². The van der Waals surface area contributed by atoms with Crippen LogP contribution >= 0.6 is 11.6 Å². The van der Waals surface area contributed by atoms with Gasteiger partial charge < -0.3 is 10.2 Å². The molecule has 1 amide bonds. The highest BCUT2D eigenvalue weighted by atomic mass is 35.5. The lowest BCUT2D eigenvalue weighted by Gasteiger charge is -2.17. The smallest absolute Gasteiger partial charge is 0.276 e. The van der Waals surface area contributed by atoms with Crippen LogP contribution in [-0.4, -0.2) is 23.2 Å². The van der Waals surface area contributed by atoms with Gasteiger partial charge in [-0.1, -0.05) is 35.9 Å². The average Bonchev–Trinajstić information content (AvgIpc) is 2.65. The summed E-state index contributed by atoms with van der Waals surface area (Å²) < 4.78 is 0. The number of para-hydroxylation sites is 1. The maximum absolute atomic E-state index is 12.4. The van der Waals surface area contributed by atoms with E-state index in [4.69, 9.17) is 11.6 Å². The Morgan fingerprint density at radius 3 is 2.48 bits per heavy atom. The van der Waals surface area contributed by atoms with Crippen molar-refractivity contribution in [2.24, 2.45) is 0 Å². The molecule has 0 fully saturated rings. The normalized spacial score (nSPS) is 10.4. The van der Waals surface area contributed by atoms with E-state index in [0.717, 1.165) is 11.3 Å². The zero-order valence-electron chi connectivity index (χ0n) is 13.9. The number of halogens is 1. The first-order valence-corrected chi connectivity index (χ1v) is 8.12. The number of amides is 1. The van der Waals surface area contributed by atoms with Crippen molar-refractivity contribution in [1.82, 2.24) is 10.2 Å². The lowest BCUT2D eigenvalue weighted by Crippen LogP contribution is -2.17. The molecule has 25 heavy (non-hydrogen) atoms. The molecule has 0 atom stereocenters. The highest BCUT2D eigenvalue weighted by Gasteiger charge is 2.12. The van der Waals surface area contributed by atoms with Crippen LogP contribution in [0.4, 0.5) is 17.2 Å². The first-order chi connectivity index (χ1) is 12.0. The predicted octanol–water partition coefficient (Wildman–Crippen LogP) is 4.46. The topological polar surface area (TPSA) is 58.1 Å². The summed E-state index contributed by atoms with van der Waals surface area (Å²) in [6.45, 7) is 1.90. The van der Waals surface area contributed by atoms with Crippen LogP contribution in [-0.2, 0) is 0 Å². The van der Waals surface area contributed by atoms with Gasteiger partial charge in [-0.25, -0.2) is 0 Å². The van der Waals surface area contributed by atoms with Gasteiger partial charge in [0.05, 0.1) is 0 Å². The number of nitrogens with zero attached hydrogens (tertiary/aromatic N) is 3. The van der Waals surface area contributed by atoms with Crippen LogP contribution in [0.3, 0.4) is 0 Å². The number of hydrogen-bond acceptors (Lipinski definition) is 4. The Hall–Kier alpha value is -2.92. The maximum atomic E-state index is 12.4. The second kappa shape index (κ2) is 7.32. The molecular weight excluding hydrogens is 336 g/mol. The Labute approximate surface area is 151 Å². The van der Waals surface area contributed by atoms with Crippen LogP contribution in [0.1, 0.15) is 16.1 Å². The molecular formula is C19H17ClN4O. The van der Waals surface area contributed by atoms with Crippen LogP contribution in [0.15, 0.2) is 60.7 Å². The van der Waals surface area contributed by atoms with Gasteiger partial charge in [-0.2, -0.15) is 0 Å². The fraction of sp³-hybridized carbons (Fsp3) is 0.105. The number of rotatable bonds is 4. The number of carbonyl (C=O) groups excluding carboxylic acids is 1. The predicted molar refractivity (Wildman–Crippen MR) is 101 cm³/mol. The largest absolute Gasteiger partial charge is 0.328 e. The number of nitrogens with one attached hydrogen (secondary N) is 1. The van der Waals surface area contributed by atoms with Gasteiger partial charge in [0, 0.05) is 23.4 Å². The van der Waals surface area contributed by atoms with Gasteiger partial charge in [0.15, 0.2) is 11.5 Å². The van der Waals surface area contributed by atoms with Gasteiger partial charge >= 0.3 is 0 Å². The average molecular weight is 353 g/mol. The third kappa shape index (κ3) is 3.95. The van der Waals surface area contributed by atoms with E-state index in [0.29, 0.717) is 16.5 Å².